The summed E-state index contributed by atoms with van der Waals surface area (Å²) in [6, 6.07) is 16.7. The number of hydrogen-bond donors (Lipinski definition) is 11. The molecule has 5 aromatic rings. The number of amides is 6. The molecule has 0 radical (unpaired) electrons. The van der Waals surface area contributed by atoms with E-state index in [1.807, 2.05) is 61.5 Å². The molecular weight excluding hydrogens is 793 g/mol. The summed E-state index contributed by atoms with van der Waals surface area (Å²) >= 11 is 0. The van der Waals surface area contributed by atoms with Crippen LogP contribution in [0.2, 0.25) is 0 Å². The smallest absolute Gasteiger partial charge is 0.243 e. The molecule has 1 unspecified atom stereocenters. The highest BCUT2D eigenvalue weighted by Crippen LogP contribution is 2.24. The molecule has 3 aromatic carbocycles. The number of aliphatic hydroxyl groups excluding tert-OH is 1. The van der Waals surface area contributed by atoms with Crippen molar-refractivity contribution in [1.29, 1.82) is 0 Å². The fraction of sp³-hybridized carbons (Fsp3) is 0.378. The highest BCUT2D eigenvalue weighted by Gasteiger charge is 2.33. The van der Waals surface area contributed by atoms with Gasteiger partial charge >= 0.3 is 0 Å². The molecule has 330 valence electrons. The van der Waals surface area contributed by atoms with Crippen LogP contribution in [0.4, 0.5) is 0 Å². The van der Waals surface area contributed by atoms with Crippen molar-refractivity contribution in [1.82, 2.24) is 36.6 Å². The first-order chi connectivity index (χ1) is 29.7. The largest absolute Gasteiger partial charge is 0.391 e. The molecule has 0 aliphatic rings. The van der Waals surface area contributed by atoms with Crippen molar-refractivity contribution in [3.05, 3.63) is 107 Å². The predicted molar refractivity (Wildman–Crippen MR) is 236 cm³/mol. The number of nitrogens with one attached hydrogen (secondary N) is 7. The summed E-state index contributed by atoms with van der Waals surface area (Å²) < 4.78 is 0. The van der Waals surface area contributed by atoms with E-state index in [1.54, 1.807) is 30.5 Å². The number of carbonyl (C=O) groups is 6. The van der Waals surface area contributed by atoms with Crippen LogP contribution < -0.4 is 43.8 Å². The molecule has 2 aromatic heterocycles. The molecule has 6 amide bonds. The van der Waals surface area contributed by atoms with Crippen molar-refractivity contribution in [3.8, 4) is 0 Å². The van der Waals surface area contributed by atoms with E-state index in [-0.39, 0.29) is 25.7 Å². The van der Waals surface area contributed by atoms with E-state index >= 15 is 0 Å². The third kappa shape index (κ3) is 12.3. The number of aryl methyl sites for hydroxylation is 1. The van der Waals surface area contributed by atoms with Gasteiger partial charge in [-0.3, -0.25) is 28.8 Å². The summed E-state index contributed by atoms with van der Waals surface area (Å²) in [4.78, 5) is 88.2. The summed E-state index contributed by atoms with van der Waals surface area (Å²) in [6.45, 7) is 5.04. The van der Waals surface area contributed by atoms with Gasteiger partial charge in [-0.2, -0.15) is 0 Å². The number of aromatic nitrogens is 2. The van der Waals surface area contributed by atoms with E-state index in [2.05, 4.69) is 36.6 Å². The fourth-order valence-corrected chi connectivity index (χ4v) is 7.29. The normalized spacial score (nSPS) is 14.7. The Morgan fingerprint density at radius 3 is 1.85 bits per heavy atom. The maximum absolute atomic E-state index is 14.4. The van der Waals surface area contributed by atoms with Crippen LogP contribution in [0, 0.1) is 6.92 Å². The van der Waals surface area contributed by atoms with Crippen molar-refractivity contribution in [2.45, 2.75) is 102 Å². The van der Waals surface area contributed by atoms with E-state index < -0.39 is 77.8 Å². The Hall–Kier alpha value is -6.56. The van der Waals surface area contributed by atoms with Crippen LogP contribution in [0.3, 0.4) is 0 Å². The van der Waals surface area contributed by atoms with Gasteiger partial charge in [0.15, 0.2) is 0 Å². The van der Waals surface area contributed by atoms with Gasteiger partial charge in [0, 0.05) is 53.0 Å². The summed E-state index contributed by atoms with van der Waals surface area (Å²) in [5.41, 5.74) is 21.8. The molecule has 0 bridgehead atoms. The lowest BCUT2D eigenvalue weighted by molar-refractivity contribution is -0.135. The third-order valence-corrected chi connectivity index (χ3v) is 10.9. The van der Waals surface area contributed by atoms with Crippen LogP contribution in [-0.4, -0.2) is 99.4 Å². The standard InChI is InChI=1S/C45H58N10O7/c1-25-32(31-16-8-10-18-34(31)50-25)23-38(55-45(62)39(47)27(3)56)42(59)51-26(2)41(58)53-37(22-29-24-49-33-17-9-7-15-30(29)33)44(61)54-36(21-28-13-5-4-6-14-28)43(60)52-35(40(48)57)19-11-12-20-46/h4-10,13-18,24,26-27,35-39,49-50,56H,11-12,19-23,46-47H2,1-3H3,(H2,48,57)(H,51,59)(H,52,60)(H,53,58)(H,54,61)(H,55,62)/t26-,27?,35-,36+,37-,38+,39+/m0/s1. The molecule has 7 atom stereocenters. The first-order valence-corrected chi connectivity index (χ1v) is 20.8. The Bertz CT molecular complexity index is 2340. The molecule has 62 heavy (non-hydrogen) atoms. The van der Waals surface area contributed by atoms with Crippen LogP contribution in [0.25, 0.3) is 21.8 Å². The van der Waals surface area contributed by atoms with Gasteiger partial charge in [-0.25, -0.2) is 0 Å². The van der Waals surface area contributed by atoms with Crippen LogP contribution in [-0.2, 0) is 48.0 Å². The van der Waals surface area contributed by atoms with Crippen molar-refractivity contribution >= 4 is 57.2 Å². The minimum Gasteiger partial charge on any atom is -0.391 e. The second-order valence-corrected chi connectivity index (χ2v) is 15.7. The average Bonchev–Trinajstić information content (AvgIpc) is 3.81. The quantitative estimate of drug-likeness (QED) is 0.0438. The monoisotopic (exact) mass is 850 g/mol. The second kappa shape index (κ2) is 21.8. The zero-order chi connectivity index (χ0) is 44.9. The number of aliphatic hydroxyl groups is 1. The number of aromatic amines is 2. The molecule has 5 rings (SSSR count). The van der Waals surface area contributed by atoms with Crippen LogP contribution >= 0.6 is 0 Å². The highest BCUT2D eigenvalue weighted by atomic mass is 16.3. The molecule has 0 fully saturated rings. The number of hydrogen-bond acceptors (Lipinski definition) is 9. The summed E-state index contributed by atoms with van der Waals surface area (Å²) in [5.74, 6) is -4.29. The highest BCUT2D eigenvalue weighted by molar-refractivity contribution is 5.97. The average molecular weight is 851 g/mol. The molecular formula is C45H58N10O7. The van der Waals surface area contributed by atoms with Gasteiger partial charge in [0.1, 0.15) is 36.3 Å². The van der Waals surface area contributed by atoms with Gasteiger partial charge in [-0.15, -0.1) is 0 Å². The maximum atomic E-state index is 14.4. The number of para-hydroxylation sites is 2. The van der Waals surface area contributed by atoms with Crippen LogP contribution in [0.15, 0.2) is 85.1 Å². The van der Waals surface area contributed by atoms with Gasteiger partial charge in [-0.1, -0.05) is 66.7 Å². The Balaban J connectivity index is 1.39. The lowest BCUT2D eigenvalue weighted by atomic mass is 10.0. The first kappa shape index (κ1) is 46.5. The predicted octanol–water partition coefficient (Wildman–Crippen LogP) is 0.752. The minimum atomic E-state index is -1.33. The lowest BCUT2D eigenvalue weighted by Crippen LogP contribution is -2.60. The molecule has 17 heteroatoms. The SMILES string of the molecule is Cc1[nH]c2ccccc2c1C[C@@H](NC(=O)[C@H](N)C(C)O)C(=O)N[C@@H](C)C(=O)N[C@@H](Cc1c[nH]c2ccccc12)C(=O)N[C@H](Cc1ccccc1)C(=O)N[C@@H](CCCCN)C(N)=O. The van der Waals surface area contributed by atoms with Crippen LogP contribution in [0.1, 0.15) is 55.5 Å². The second-order valence-electron chi connectivity index (χ2n) is 15.7. The van der Waals surface area contributed by atoms with Crippen molar-refractivity contribution in [2.24, 2.45) is 17.2 Å². The van der Waals surface area contributed by atoms with Gasteiger partial charge in [-0.05, 0) is 75.4 Å². The molecule has 14 N–H and O–H groups in total. The molecule has 0 aliphatic heterocycles. The molecule has 2 heterocycles. The zero-order valence-electron chi connectivity index (χ0n) is 35.2. The molecule has 0 saturated carbocycles. The zero-order valence-corrected chi connectivity index (χ0v) is 35.2. The maximum Gasteiger partial charge on any atom is 0.243 e. The Morgan fingerprint density at radius 2 is 1.19 bits per heavy atom. The van der Waals surface area contributed by atoms with E-state index in [1.165, 1.54) is 13.8 Å². The number of unbranched alkanes of at least 4 members (excludes halogenated alkanes) is 1. The molecule has 17 nitrogen and oxygen atoms in total. The summed E-state index contributed by atoms with van der Waals surface area (Å²) in [5, 5.41) is 25.3. The Labute approximate surface area is 359 Å². The van der Waals surface area contributed by atoms with E-state index in [0.717, 1.165) is 38.6 Å². The molecule has 0 spiro atoms. The summed E-state index contributed by atoms with van der Waals surface area (Å²) in [6.07, 6.45) is 2.00. The van der Waals surface area contributed by atoms with Gasteiger partial charge in [0.25, 0.3) is 0 Å². The van der Waals surface area contributed by atoms with E-state index in [9.17, 15) is 33.9 Å². The number of carbonyl (C=O) groups excluding carboxylic acids is 6. The van der Waals surface area contributed by atoms with Gasteiger partial charge < -0.3 is 58.9 Å². The fourth-order valence-electron chi connectivity index (χ4n) is 7.29. The number of rotatable bonds is 22. The Kier molecular flexibility index (Phi) is 16.4. The van der Waals surface area contributed by atoms with E-state index in [4.69, 9.17) is 17.2 Å². The minimum absolute atomic E-state index is 0.0132. The van der Waals surface area contributed by atoms with Crippen molar-refractivity contribution in [3.63, 3.8) is 0 Å². The number of benzene rings is 3. The van der Waals surface area contributed by atoms with Crippen molar-refractivity contribution in [2.75, 3.05) is 6.54 Å². The molecule has 0 saturated heterocycles. The van der Waals surface area contributed by atoms with Crippen molar-refractivity contribution < 1.29 is 33.9 Å². The van der Waals surface area contributed by atoms with E-state index in [0.29, 0.717) is 24.9 Å². The molecule has 0 aliphatic carbocycles. The lowest BCUT2D eigenvalue weighted by Gasteiger charge is -2.26. The number of primary amides is 1. The van der Waals surface area contributed by atoms with Crippen LogP contribution in [0.5, 0.6) is 0 Å². The Morgan fingerprint density at radius 1 is 0.645 bits per heavy atom. The number of H-pyrrole nitrogens is 2. The summed E-state index contributed by atoms with van der Waals surface area (Å²) in [7, 11) is 0. The third-order valence-electron chi connectivity index (χ3n) is 10.9. The topological polar surface area (TPSA) is 292 Å². The van der Waals surface area contributed by atoms with Gasteiger partial charge in [0.05, 0.1) is 6.10 Å². The number of fused-ring (bicyclic) bond motifs is 2. The number of nitrogens with two attached hydrogens (primary N) is 3. The first-order valence-electron chi connectivity index (χ1n) is 20.8. The van der Waals surface area contributed by atoms with Gasteiger partial charge in [0.2, 0.25) is 35.4 Å².